The molecule has 2 aromatic heterocycles. The number of rotatable bonds is 4. The molecule has 3 aliphatic rings. The lowest BCUT2D eigenvalue weighted by Crippen LogP contribution is -2.48. The molecule has 6 nitrogen and oxygen atoms in total. The molecule has 0 saturated heterocycles. The third-order valence-corrected chi connectivity index (χ3v) is 7.00. The highest BCUT2D eigenvalue weighted by molar-refractivity contribution is 7.18. The van der Waals surface area contributed by atoms with Crippen molar-refractivity contribution in [3.8, 4) is 10.4 Å². The Morgan fingerprint density at radius 1 is 1.44 bits per heavy atom. The quantitative estimate of drug-likeness (QED) is 0.836. The van der Waals surface area contributed by atoms with E-state index in [0.717, 1.165) is 12.0 Å². The molecule has 2 unspecified atom stereocenters. The number of carbonyl (C=O) groups excluding carboxylic acids is 1. The highest BCUT2D eigenvalue weighted by Gasteiger charge is 2.49. The van der Waals surface area contributed by atoms with E-state index in [9.17, 15) is 13.6 Å². The van der Waals surface area contributed by atoms with Crippen molar-refractivity contribution in [2.45, 2.75) is 24.8 Å². The molecule has 144 valence electrons. The van der Waals surface area contributed by atoms with E-state index in [0.29, 0.717) is 40.1 Å². The van der Waals surface area contributed by atoms with Crippen LogP contribution in [-0.4, -0.2) is 54.9 Å². The number of nitrogens with one attached hydrogen (secondary N) is 2. The molecule has 1 fully saturated rings. The molecule has 0 aromatic carbocycles. The van der Waals surface area contributed by atoms with Gasteiger partial charge in [0.2, 0.25) is 0 Å². The minimum absolute atomic E-state index is 0.128. The number of hydrogen-bond acceptors (Lipinski definition) is 5. The molecule has 0 bridgehead atoms. The van der Waals surface area contributed by atoms with Crippen molar-refractivity contribution >= 4 is 22.9 Å². The lowest BCUT2D eigenvalue weighted by molar-refractivity contribution is 0.00533. The van der Waals surface area contributed by atoms with E-state index in [-0.39, 0.29) is 30.8 Å². The molecule has 1 aliphatic carbocycles. The molecular formula is C18H20F2N4O2S. The first-order chi connectivity index (χ1) is 13.0. The molecule has 2 aromatic rings. The number of nitrogens with zero attached hydrogens (tertiary/aromatic N) is 2. The summed E-state index contributed by atoms with van der Waals surface area (Å²) >= 11 is 1.28. The normalized spacial score (nSPS) is 28.5. The molecule has 0 radical (unpaired) electrons. The van der Waals surface area contributed by atoms with Gasteiger partial charge in [0.25, 0.3) is 11.8 Å². The maximum atomic E-state index is 14.6. The first-order valence-electron chi connectivity index (χ1n) is 9.04. The second-order valence-corrected chi connectivity index (χ2v) is 8.70. The van der Waals surface area contributed by atoms with E-state index in [1.54, 1.807) is 24.4 Å². The molecule has 0 spiro atoms. The van der Waals surface area contributed by atoms with E-state index >= 15 is 0 Å². The smallest absolute Gasteiger partial charge is 0.269 e. The Morgan fingerprint density at radius 3 is 3.04 bits per heavy atom. The largest absolute Gasteiger partial charge is 0.384 e. The van der Waals surface area contributed by atoms with Crippen molar-refractivity contribution in [2.24, 2.45) is 11.8 Å². The number of aromatic amines is 1. The molecule has 5 rings (SSSR count). The number of aromatic nitrogens is 2. The van der Waals surface area contributed by atoms with Gasteiger partial charge in [-0.05, 0) is 18.3 Å². The number of H-pyrrole nitrogens is 1. The minimum Gasteiger partial charge on any atom is -0.384 e. The highest BCUT2D eigenvalue weighted by Crippen LogP contribution is 2.50. The highest BCUT2D eigenvalue weighted by atomic mass is 32.1. The van der Waals surface area contributed by atoms with E-state index in [2.05, 4.69) is 15.5 Å². The van der Waals surface area contributed by atoms with E-state index in [1.807, 2.05) is 0 Å². The predicted molar refractivity (Wildman–Crippen MR) is 97.5 cm³/mol. The fourth-order valence-corrected chi connectivity index (χ4v) is 5.70. The maximum Gasteiger partial charge on any atom is 0.269 e. The van der Waals surface area contributed by atoms with Crippen LogP contribution in [0, 0.1) is 11.8 Å². The molecule has 2 N–H and O–H groups in total. The van der Waals surface area contributed by atoms with Gasteiger partial charge < -0.3 is 15.0 Å². The Hall–Kier alpha value is -2.00. The fraction of sp³-hybridized carbons (Fsp3) is 0.556. The predicted octanol–water partition coefficient (Wildman–Crippen LogP) is 2.53. The van der Waals surface area contributed by atoms with Gasteiger partial charge in [0.15, 0.2) is 0 Å². The van der Waals surface area contributed by atoms with Crippen LogP contribution in [0.4, 0.5) is 14.5 Å². The summed E-state index contributed by atoms with van der Waals surface area (Å²) in [6.07, 6.45) is 3.91. The van der Waals surface area contributed by atoms with Crippen molar-refractivity contribution in [1.29, 1.82) is 0 Å². The van der Waals surface area contributed by atoms with Crippen LogP contribution >= 0.6 is 11.3 Å². The van der Waals surface area contributed by atoms with Crippen molar-refractivity contribution in [2.75, 3.05) is 31.7 Å². The monoisotopic (exact) mass is 394 g/mol. The third kappa shape index (κ3) is 2.84. The van der Waals surface area contributed by atoms with Gasteiger partial charge in [0.05, 0.1) is 18.4 Å². The molecule has 1 amide bonds. The number of alkyl halides is 2. The van der Waals surface area contributed by atoms with Crippen LogP contribution in [-0.2, 0) is 11.2 Å². The van der Waals surface area contributed by atoms with Crippen LogP contribution in [0.1, 0.15) is 21.7 Å². The Labute approximate surface area is 158 Å². The molecular weight excluding hydrogens is 374 g/mol. The molecule has 3 atom stereocenters. The number of thiophene rings is 1. The van der Waals surface area contributed by atoms with Gasteiger partial charge >= 0.3 is 0 Å². The Morgan fingerprint density at radius 2 is 2.30 bits per heavy atom. The SMILES string of the molecule is COC[C@H]1CC1C1CN2CC(F)(F)Cc3c(-c4cn[nH]c4)sc(c32)C(=O)N1. The van der Waals surface area contributed by atoms with Gasteiger partial charge in [-0.1, -0.05) is 0 Å². The van der Waals surface area contributed by atoms with Crippen LogP contribution in [0.3, 0.4) is 0 Å². The summed E-state index contributed by atoms with van der Waals surface area (Å²) in [5.74, 6) is -2.30. The van der Waals surface area contributed by atoms with Gasteiger partial charge in [-0.25, -0.2) is 8.78 Å². The summed E-state index contributed by atoms with van der Waals surface area (Å²) in [4.78, 5) is 15.9. The zero-order valence-corrected chi connectivity index (χ0v) is 15.6. The fourth-order valence-electron chi connectivity index (χ4n) is 4.47. The van der Waals surface area contributed by atoms with Crippen molar-refractivity contribution < 1.29 is 18.3 Å². The van der Waals surface area contributed by atoms with Crippen LogP contribution in [0.5, 0.6) is 0 Å². The summed E-state index contributed by atoms with van der Waals surface area (Å²) in [5, 5.41) is 9.75. The van der Waals surface area contributed by atoms with Gasteiger partial charge in [-0.15, -0.1) is 11.3 Å². The summed E-state index contributed by atoms with van der Waals surface area (Å²) in [7, 11) is 1.66. The van der Waals surface area contributed by atoms with Crippen LogP contribution < -0.4 is 10.2 Å². The number of ether oxygens (including phenoxy) is 1. The zero-order chi connectivity index (χ0) is 18.8. The average molecular weight is 394 g/mol. The number of methoxy groups -OCH3 is 1. The van der Waals surface area contributed by atoms with Gasteiger partial charge in [0, 0.05) is 54.9 Å². The van der Waals surface area contributed by atoms with Crippen molar-refractivity contribution in [3.05, 3.63) is 22.8 Å². The summed E-state index contributed by atoms with van der Waals surface area (Å²) in [6.45, 7) is 0.709. The van der Waals surface area contributed by atoms with Crippen molar-refractivity contribution in [3.63, 3.8) is 0 Å². The lowest BCUT2D eigenvalue weighted by Gasteiger charge is -2.35. The van der Waals surface area contributed by atoms with Crippen LogP contribution in [0.15, 0.2) is 12.4 Å². The number of anilines is 1. The zero-order valence-electron chi connectivity index (χ0n) is 14.8. The van der Waals surface area contributed by atoms with Crippen LogP contribution in [0.2, 0.25) is 0 Å². The van der Waals surface area contributed by atoms with Gasteiger partial charge in [-0.2, -0.15) is 5.10 Å². The number of amides is 1. The standard InChI is InChI=1S/C18H20F2N4O2S/c1-26-7-9-2-11(9)13-6-24-8-18(19,20)3-12-14(24)16(17(25)23-13)27-15(12)10-4-21-22-5-10/h4-5,9,11,13H,2-3,6-8H2,1H3,(H,21,22)(H,23,25)/t9-,11?,13?/m1/s1. The molecule has 9 heteroatoms. The Kier molecular flexibility index (Phi) is 3.80. The van der Waals surface area contributed by atoms with E-state index < -0.39 is 5.92 Å². The topological polar surface area (TPSA) is 70.2 Å². The molecule has 2 aliphatic heterocycles. The second-order valence-electron chi connectivity index (χ2n) is 7.68. The molecule has 1 saturated carbocycles. The van der Waals surface area contributed by atoms with Crippen LogP contribution in [0.25, 0.3) is 10.4 Å². The molecule has 4 heterocycles. The second kappa shape index (κ2) is 6.00. The number of carbonyl (C=O) groups is 1. The summed E-state index contributed by atoms with van der Waals surface area (Å²) < 4.78 is 34.3. The Bertz CT molecular complexity index is 882. The van der Waals surface area contributed by atoms with Crippen molar-refractivity contribution in [1.82, 2.24) is 15.5 Å². The minimum atomic E-state index is -2.82. The average Bonchev–Trinajstić information content (AvgIpc) is 3.02. The Balaban J connectivity index is 1.55. The third-order valence-electron chi connectivity index (χ3n) is 5.73. The molecule has 27 heavy (non-hydrogen) atoms. The maximum absolute atomic E-state index is 14.6. The number of halogens is 2. The first kappa shape index (κ1) is 17.1. The van der Waals surface area contributed by atoms with Gasteiger partial charge in [0.1, 0.15) is 4.88 Å². The number of hydrogen-bond donors (Lipinski definition) is 2. The van der Waals surface area contributed by atoms with Gasteiger partial charge in [-0.3, -0.25) is 9.89 Å². The van der Waals surface area contributed by atoms with E-state index in [4.69, 9.17) is 4.74 Å². The lowest BCUT2D eigenvalue weighted by atomic mass is 9.97. The summed E-state index contributed by atoms with van der Waals surface area (Å²) in [5.41, 5.74) is 1.99. The summed E-state index contributed by atoms with van der Waals surface area (Å²) in [6, 6.07) is -0.128. The first-order valence-corrected chi connectivity index (χ1v) is 9.86. The van der Waals surface area contributed by atoms with E-state index in [1.165, 1.54) is 11.3 Å².